The van der Waals surface area contributed by atoms with Crippen LogP contribution in [0.5, 0.6) is 0 Å². The molecule has 94 valence electrons. The van der Waals surface area contributed by atoms with Crippen molar-refractivity contribution in [1.82, 2.24) is 15.1 Å². The summed E-state index contributed by atoms with van der Waals surface area (Å²) in [5.41, 5.74) is -0.0685. The number of hydrogen-bond donors (Lipinski definition) is 2. The molecular formula is C11H17N3O3. The second-order valence-corrected chi connectivity index (χ2v) is 3.79. The molecule has 0 saturated carbocycles. The van der Waals surface area contributed by atoms with E-state index in [2.05, 4.69) is 10.4 Å². The third kappa shape index (κ3) is 3.99. The zero-order valence-corrected chi connectivity index (χ0v) is 10.0. The van der Waals surface area contributed by atoms with E-state index in [1.807, 2.05) is 6.92 Å². The Morgan fingerprint density at radius 1 is 1.59 bits per heavy atom. The van der Waals surface area contributed by atoms with E-state index < -0.39 is 6.10 Å². The van der Waals surface area contributed by atoms with Gasteiger partial charge in [0.25, 0.3) is 11.5 Å². The third-order valence-electron chi connectivity index (χ3n) is 2.43. The summed E-state index contributed by atoms with van der Waals surface area (Å²) in [6.45, 7) is 2.26. The van der Waals surface area contributed by atoms with Crippen molar-refractivity contribution >= 4 is 5.91 Å². The third-order valence-corrected chi connectivity index (χ3v) is 2.43. The summed E-state index contributed by atoms with van der Waals surface area (Å²) in [6.07, 6.45) is 0.769. The number of nitrogens with one attached hydrogen (secondary N) is 1. The lowest BCUT2D eigenvalue weighted by atomic mass is 10.2. The van der Waals surface area contributed by atoms with Crippen LogP contribution in [0.2, 0.25) is 0 Å². The Kier molecular flexibility index (Phi) is 4.84. The van der Waals surface area contributed by atoms with Gasteiger partial charge < -0.3 is 10.4 Å². The number of carbonyl (C=O) groups excluding carboxylic acids is 1. The minimum atomic E-state index is -0.400. The predicted octanol–water partition coefficient (Wildman–Crippen LogP) is -0.329. The molecule has 2 N–H and O–H groups in total. The second-order valence-electron chi connectivity index (χ2n) is 3.79. The molecule has 6 heteroatoms. The fraction of sp³-hybridized carbons (Fsp3) is 0.545. The van der Waals surface area contributed by atoms with Crippen molar-refractivity contribution in [1.29, 1.82) is 0 Å². The van der Waals surface area contributed by atoms with Crippen LogP contribution in [0, 0.1) is 0 Å². The van der Waals surface area contributed by atoms with Crippen molar-refractivity contribution < 1.29 is 9.90 Å². The van der Waals surface area contributed by atoms with E-state index in [9.17, 15) is 14.7 Å². The molecule has 1 unspecified atom stereocenters. The maximum Gasteiger partial charge on any atom is 0.271 e. The van der Waals surface area contributed by atoms with E-state index in [4.69, 9.17) is 0 Å². The summed E-state index contributed by atoms with van der Waals surface area (Å²) in [7, 11) is 1.49. The van der Waals surface area contributed by atoms with Gasteiger partial charge in [-0.25, -0.2) is 4.68 Å². The highest BCUT2D eigenvalue weighted by Crippen LogP contribution is 1.95. The zero-order valence-electron chi connectivity index (χ0n) is 10.0. The zero-order chi connectivity index (χ0) is 12.8. The molecule has 17 heavy (non-hydrogen) atoms. The summed E-state index contributed by atoms with van der Waals surface area (Å²) < 4.78 is 1.11. The molecule has 1 aromatic heterocycles. The summed E-state index contributed by atoms with van der Waals surface area (Å²) in [4.78, 5) is 22.7. The largest absolute Gasteiger partial charge is 0.393 e. The molecule has 0 aliphatic heterocycles. The van der Waals surface area contributed by atoms with E-state index in [1.54, 1.807) is 0 Å². The number of rotatable bonds is 5. The van der Waals surface area contributed by atoms with Crippen LogP contribution in [0.1, 0.15) is 30.3 Å². The van der Waals surface area contributed by atoms with Crippen LogP contribution < -0.4 is 10.9 Å². The number of nitrogens with zero attached hydrogens (tertiary/aromatic N) is 2. The van der Waals surface area contributed by atoms with Crippen molar-refractivity contribution in [3.05, 3.63) is 28.2 Å². The molecular weight excluding hydrogens is 222 g/mol. The second kappa shape index (κ2) is 6.15. The molecule has 0 fully saturated rings. The van der Waals surface area contributed by atoms with E-state index in [-0.39, 0.29) is 17.2 Å². The first-order chi connectivity index (χ1) is 8.04. The smallest absolute Gasteiger partial charge is 0.271 e. The Balaban J connectivity index is 2.52. The van der Waals surface area contributed by atoms with Gasteiger partial charge in [0.1, 0.15) is 5.69 Å². The quantitative estimate of drug-likeness (QED) is 0.737. The standard InChI is InChI=1S/C11H17N3O3/c1-3-8(15)6-7-12-11(17)9-4-5-10(16)14(2)13-9/h4-5,8,15H,3,6-7H2,1-2H3,(H,12,17). The van der Waals surface area contributed by atoms with Gasteiger partial charge in [0.2, 0.25) is 0 Å². The fourth-order valence-electron chi connectivity index (χ4n) is 1.27. The molecule has 0 bridgehead atoms. The van der Waals surface area contributed by atoms with E-state index in [0.717, 1.165) is 4.68 Å². The highest BCUT2D eigenvalue weighted by molar-refractivity contribution is 5.91. The lowest BCUT2D eigenvalue weighted by Crippen LogP contribution is -2.30. The lowest BCUT2D eigenvalue weighted by molar-refractivity contribution is 0.0934. The van der Waals surface area contributed by atoms with Gasteiger partial charge in [-0.3, -0.25) is 9.59 Å². The Morgan fingerprint density at radius 2 is 2.29 bits per heavy atom. The molecule has 0 spiro atoms. The van der Waals surface area contributed by atoms with Gasteiger partial charge in [0.15, 0.2) is 0 Å². The normalized spacial score (nSPS) is 12.2. The van der Waals surface area contributed by atoms with Crippen LogP contribution in [0.3, 0.4) is 0 Å². The first-order valence-electron chi connectivity index (χ1n) is 5.55. The van der Waals surface area contributed by atoms with Gasteiger partial charge in [-0.1, -0.05) is 6.92 Å². The number of aliphatic hydroxyl groups excluding tert-OH is 1. The van der Waals surface area contributed by atoms with Crippen LogP contribution in [-0.2, 0) is 7.05 Å². The topological polar surface area (TPSA) is 84.2 Å². The molecule has 0 aliphatic carbocycles. The maximum atomic E-state index is 11.6. The van der Waals surface area contributed by atoms with Crippen molar-refractivity contribution in [2.75, 3.05) is 6.54 Å². The summed E-state index contributed by atoms with van der Waals surface area (Å²) in [6, 6.07) is 2.68. The van der Waals surface area contributed by atoms with E-state index in [0.29, 0.717) is 19.4 Å². The van der Waals surface area contributed by atoms with Gasteiger partial charge in [0, 0.05) is 19.7 Å². The lowest BCUT2D eigenvalue weighted by Gasteiger charge is -2.08. The minimum absolute atomic E-state index is 0.193. The SMILES string of the molecule is CCC(O)CCNC(=O)c1ccc(=O)n(C)n1. The summed E-state index contributed by atoms with van der Waals surface area (Å²) in [5, 5.41) is 15.8. The molecule has 0 saturated heterocycles. The molecule has 1 heterocycles. The van der Waals surface area contributed by atoms with E-state index >= 15 is 0 Å². The first kappa shape index (κ1) is 13.4. The van der Waals surface area contributed by atoms with Crippen LogP contribution in [0.25, 0.3) is 0 Å². The predicted molar refractivity (Wildman–Crippen MR) is 62.7 cm³/mol. The van der Waals surface area contributed by atoms with Crippen molar-refractivity contribution in [3.63, 3.8) is 0 Å². The summed E-state index contributed by atoms with van der Waals surface area (Å²) in [5.74, 6) is -0.344. The van der Waals surface area contributed by atoms with Gasteiger partial charge in [-0.2, -0.15) is 5.10 Å². The van der Waals surface area contributed by atoms with Crippen molar-refractivity contribution in [2.45, 2.75) is 25.9 Å². The summed E-state index contributed by atoms with van der Waals surface area (Å²) >= 11 is 0. The Hall–Kier alpha value is -1.69. The molecule has 0 aliphatic rings. The van der Waals surface area contributed by atoms with Crippen molar-refractivity contribution in [3.8, 4) is 0 Å². The molecule has 0 radical (unpaired) electrons. The highest BCUT2D eigenvalue weighted by atomic mass is 16.3. The molecule has 6 nitrogen and oxygen atoms in total. The van der Waals surface area contributed by atoms with Crippen LogP contribution in [0.15, 0.2) is 16.9 Å². The fourth-order valence-corrected chi connectivity index (χ4v) is 1.27. The first-order valence-corrected chi connectivity index (χ1v) is 5.55. The van der Waals surface area contributed by atoms with Crippen molar-refractivity contribution in [2.24, 2.45) is 7.05 Å². The average Bonchev–Trinajstić information content (AvgIpc) is 2.32. The number of carbonyl (C=O) groups is 1. The molecule has 1 amide bonds. The number of aromatic nitrogens is 2. The van der Waals surface area contributed by atoms with Gasteiger partial charge >= 0.3 is 0 Å². The van der Waals surface area contributed by atoms with Crippen LogP contribution >= 0.6 is 0 Å². The van der Waals surface area contributed by atoms with E-state index in [1.165, 1.54) is 19.2 Å². The Labute approximate surface area is 99.3 Å². The number of aryl methyl sites for hydroxylation is 1. The molecule has 1 rings (SSSR count). The average molecular weight is 239 g/mol. The Morgan fingerprint density at radius 3 is 2.88 bits per heavy atom. The maximum absolute atomic E-state index is 11.6. The van der Waals surface area contributed by atoms with Gasteiger partial charge in [-0.05, 0) is 18.9 Å². The monoisotopic (exact) mass is 239 g/mol. The number of aliphatic hydroxyl groups is 1. The molecule has 1 atom stereocenters. The molecule has 0 aromatic carbocycles. The van der Waals surface area contributed by atoms with Gasteiger partial charge in [0.05, 0.1) is 6.10 Å². The number of hydrogen-bond acceptors (Lipinski definition) is 4. The minimum Gasteiger partial charge on any atom is -0.393 e. The number of amides is 1. The Bertz CT molecular complexity index is 442. The molecule has 1 aromatic rings. The van der Waals surface area contributed by atoms with Gasteiger partial charge in [-0.15, -0.1) is 0 Å². The highest BCUT2D eigenvalue weighted by Gasteiger charge is 2.08. The van der Waals surface area contributed by atoms with Crippen LogP contribution in [-0.4, -0.2) is 33.4 Å². The van der Waals surface area contributed by atoms with Crippen LogP contribution in [0.4, 0.5) is 0 Å².